The summed E-state index contributed by atoms with van der Waals surface area (Å²) in [6.07, 6.45) is 5.85. The van der Waals surface area contributed by atoms with Crippen LogP contribution in [0.5, 0.6) is 0 Å². The third-order valence-electron chi connectivity index (χ3n) is 4.58. The number of thiophene rings is 1. The fourth-order valence-electron chi connectivity index (χ4n) is 3.26. The summed E-state index contributed by atoms with van der Waals surface area (Å²) in [7, 11) is 0. The first-order valence-electron chi connectivity index (χ1n) is 9.53. The van der Waals surface area contributed by atoms with Crippen LogP contribution in [0.15, 0.2) is 55.8 Å². The van der Waals surface area contributed by atoms with Crippen molar-refractivity contribution in [3.05, 3.63) is 63.2 Å². The van der Waals surface area contributed by atoms with Gasteiger partial charge in [-0.25, -0.2) is 9.79 Å². The van der Waals surface area contributed by atoms with Crippen LogP contribution in [0.2, 0.25) is 5.02 Å². The summed E-state index contributed by atoms with van der Waals surface area (Å²) < 4.78 is 11.1. The van der Waals surface area contributed by atoms with E-state index in [0.29, 0.717) is 28.0 Å². The molecule has 29 heavy (non-hydrogen) atoms. The summed E-state index contributed by atoms with van der Waals surface area (Å²) in [4.78, 5) is 19.4. The third kappa shape index (κ3) is 4.77. The number of furan rings is 1. The summed E-state index contributed by atoms with van der Waals surface area (Å²) in [6, 6.07) is 11.4. The van der Waals surface area contributed by atoms with Gasteiger partial charge in [0.1, 0.15) is 10.8 Å². The lowest BCUT2D eigenvalue weighted by Gasteiger charge is -2.11. The Labute approximate surface area is 182 Å². The van der Waals surface area contributed by atoms with Gasteiger partial charge in [0.2, 0.25) is 0 Å². The van der Waals surface area contributed by atoms with Gasteiger partial charge in [0.05, 0.1) is 18.4 Å². The minimum Gasteiger partial charge on any atom is -0.462 e. The molecule has 2 heterocycles. The largest absolute Gasteiger partial charge is 0.462 e. The molecule has 150 valence electrons. The van der Waals surface area contributed by atoms with Gasteiger partial charge in [0.25, 0.3) is 0 Å². The number of carbonyl (C=O) groups is 1. The van der Waals surface area contributed by atoms with Crippen molar-refractivity contribution in [3.8, 4) is 0 Å². The van der Waals surface area contributed by atoms with Crippen molar-refractivity contribution in [3.63, 3.8) is 0 Å². The molecule has 0 amide bonds. The molecule has 0 atom stereocenters. The van der Waals surface area contributed by atoms with Gasteiger partial charge >= 0.3 is 5.97 Å². The van der Waals surface area contributed by atoms with Crippen LogP contribution in [0.1, 0.15) is 46.3 Å². The third-order valence-corrected chi connectivity index (χ3v) is 6.96. The Bertz CT molecular complexity index is 1040. The molecule has 1 aromatic carbocycles. The van der Waals surface area contributed by atoms with E-state index in [1.54, 1.807) is 17.6 Å². The second-order valence-electron chi connectivity index (χ2n) is 6.58. The molecule has 2 aromatic heterocycles. The van der Waals surface area contributed by atoms with Gasteiger partial charge in [-0.2, -0.15) is 0 Å². The molecule has 0 saturated heterocycles. The quantitative estimate of drug-likeness (QED) is 0.304. The zero-order valence-electron chi connectivity index (χ0n) is 15.9. The lowest BCUT2D eigenvalue weighted by Crippen LogP contribution is -2.09. The second kappa shape index (κ2) is 9.20. The Morgan fingerprint density at radius 2 is 2.03 bits per heavy atom. The Morgan fingerprint density at radius 3 is 2.83 bits per heavy atom. The second-order valence-corrected chi connectivity index (χ2v) is 9.18. The lowest BCUT2D eigenvalue weighted by atomic mass is 9.95. The molecule has 0 fully saturated rings. The normalized spacial score (nSPS) is 13.6. The van der Waals surface area contributed by atoms with Crippen LogP contribution in [0.3, 0.4) is 0 Å². The number of hydrogen-bond acceptors (Lipinski definition) is 6. The molecule has 4 rings (SSSR count). The summed E-state index contributed by atoms with van der Waals surface area (Å²) in [5.41, 5.74) is 1.75. The molecule has 0 unspecified atom stereocenters. The van der Waals surface area contributed by atoms with Crippen LogP contribution >= 0.6 is 34.7 Å². The Balaban J connectivity index is 1.55. The maximum absolute atomic E-state index is 12.5. The number of nitrogens with zero attached hydrogens (tertiary/aromatic N) is 1. The van der Waals surface area contributed by atoms with E-state index in [4.69, 9.17) is 20.8 Å². The summed E-state index contributed by atoms with van der Waals surface area (Å²) in [5, 5.41) is 2.18. The highest BCUT2D eigenvalue weighted by Crippen LogP contribution is 2.40. The van der Waals surface area contributed by atoms with E-state index in [0.717, 1.165) is 41.2 Å². The van der Waals surface area contributed by atoms with Crippen molar-refractivity contribution < 1.29 is 13.9 Å². The monoisotopic (exact) mass is 445 g/mol. The zero-order valence-corrected chi connectivity index (χ0v) is 18.3. The number of aryl methyl sites for hydroxylation is 1. The van der Waals surface area contributed by atoms with E-state index >= 15 is 0 Å². The van der Waals surface area contributed by atoms with Crippen molar-refractivity contribution in [2.75, 3.05) is 6.61 Å². The number of aliphatic imine (C=N–C) groups is 1. The summed E-state index contributed by atoms with van der Waals surface area (Å²) >= 11 is 9.03. The topological polar surface area (TPSA) is 51.8 Å². The first-order valence-corrected chi connectivity index (χ1v) is 11.5. The fraction of sp³-hybridized carbons (Fsp3) is 0.273. The Morgan fingerprint density at radius 1 is 1.24 bits per heavy atom. The minimum absolute atomic E-state index is 0.280. The van der Waals surface area contributed by atoms with E-state index in [1.165, 1.54) is 16.6 Å². The molecule has 0 N–H and O–H groups in total. The fourth-order valence-corrected chi connectivity index (χ4v) is 5.38. The highest BCUT2D eigenvalue weighted by atomic mass is 35.5. The predicted octanol–water partition coefficient (Wildman–Crippen LogP) is 6.95. The average molecular weight is 446 g/mol. The standard InChI is InChI=1S/C22H20ClNO3S2/c1-2-26-22(25)20-17-5-3-4-6-18(17)29-21(20)24-13-15-9-12-19(27-15)28-16-10-7-14(23)8-11-16/h7-13H,2-6H2,1H3. The number of esters is 1. The van der Waals surface area contributed by atoms with Crippen molar-refractivity contribution in [1.82, 2.24) is 0 Å². The molecular weight excluding hydrogens is 426 g/mol. The van der Waals surface area contributed by atoms with Crippen LogP contribution in [0, 0.1) is 0 Å². The smallest absolute Gasteiger partial charge is 0.341 e. The molecule has 0 radical (unpaired) electrons. The lowest BCUT2D eigenvalue weighted by molar-refractivity contribution is 0.0526. The van der Waals surface area contributed by atoms with Gasteiger partial charge in [-0.15, -0.1) is 11.3 Å². The number of ether oxygens (including phenoxy) is 1. The number of fused-ring (bicyclic) bond motifs is 1. The molecule has 7 heteroatoms. The molecule has 4 nitrogen and oxygen atoms in total. The van der Waals surface area contributed by atoms with Gasteiger partial charge in [0, 0.05) is 14.8 Å². The molecular formula is C22H20ClNO3S2. The van der Waals surface area contributed by atoms with Gasteiger partial charge in [0.15, 0.2) is 5.09 Å². The molecule has 0 spiro atoms. The number of hydrogen-bond donors (Lipinski definition) is 0. The molecule has 3 aromatic rings. The number of benzene rings is 1. The van der Waals surface area contributed by atoms with E-state index in [1.807, 2.05) is 43.3 Å². The SMILES string of the molecule is CCOC(=O)c1c(N=Cc2ccc(Sc3ccc(Cl)cc3)o2)sc2c1CCCC2. The summed E-state index contributed by atoms with van der Waals surface area (Å²) in [5.74, 6) is 0.361. The van der Waals surface area contributed by atoms with Crippen molar-refractivity contribution >= 4 is 51.9 Å². The van der Waals surface area contributed by atoms with E-state index in [9.17, 15) is 4.79 Å². The van der Waals surface area contributed by atoms with Gasteiger partial charge < -0.3 is 9.15 Å². The van der Waals surface area contributed by atoms with Crippen molar-refractivity contribution in [1.29, 1.82) is 0 Å². The highest BCUT2D eigenvalue weighted by Gasteiger charge is 2.26. The Kier molecular flexibility index (Phi) is 6.43. The first kappa shape index (κ1) is 20.3. The number of rotatable bonds is 6. The molecule has 1 aliphatic carbocycles. The van der Waals surface area contributed by atoms with Crippen LogP contribution < -0.4 is 0 Å². The zero-order chi connectivity index (χ0) is 20.2. The number of halogens is 1. The Hall–Kier alpha value is -2.02. The van der Waals surface area contributed by atoms with Gasteiger partial charge in [-0.3, -0.25) is 0 Å². The number of carbonyl (C=O) groups excluding carboxylic acids is 1. The van der Waals surface area contributed by atoms with E-state index in [-0.39, 0.29) is 5.97 Å². The maximum Gasteiger partial charge on any atom is 0.341 e. The van der Waals surface area contributed by atoms with Crippen molar-refractivity contribution in [2.45, 2.75) is 42.6 Å². The molecule has 0 aliphatic heterocycles. The summed E-state index contributed by atoms with van der Waals surface area (Å²) in [6.45, 7) is 2.18. The van der Waals surface area contributed by atoms with Gasteiger partial charge in [-0.1, -0.05) is 23.4 Å². The maximum atomic E-state index is 12.5. The highest BCUT2D eigenvalue weighted by molar-refractivity contribution is 7.99. The molecule has 0 saturated carbocycles. The molecule has 1 aliphatic rings. The average Bonchev–Trinajstić information content (AvgIpc) is 3.32. The molecule has 0 bridgehead atoms. The van der Waals surface area contributed by atoms with Crippen molar-refractivity contribution in [2.24, 2.45) is 4.99 Å². The van der Waals surface area contributed by atoms with Crippen LogP contribution in [0.25, 0.3) is 0 Å². The van der Waals surface area contributed by atoms with Crippen LogP contribution in [-0.2, 0) is 17.6 Å². The predicted molar refractivity (Wildman–Crippen MR) is 118 cm³/mol. The minimum atomic E-state index is -0.280. The van der Waals surface area contributed by atoms with E-state index in [2.05, 4.69) is 4.99 Å². The van der Waals surface area contributed by atoms with Crippen LogP contribution in [0.4, 0.5) is 5.00 Å². The van der Waals surface area contributed by atoms with Gasteiger partial charge in [-0.05, 0) is 74.6 Å². The van der Waals surface area contributed by atoms with Crippen LogP contribution in [-0.4, -0.2) is 18.8 Å². The van der Waals surface area contributed by atoms with E-state index < -0.39 is 0 Å². The first-order chi connectivity index (χ1) is 14.1.